The Bertz CT molecular complexity index is 1180. The minimum atomic E-state index is -1.26. The lowest BCUT2D eigenvalue weighted by Crippen LogP contribution is -3.20. The molecule has 0 aromatic heterocycles. The van der Waals surface area contributed by atoms with Gasteiger partial charge in [0.25, 0.3) is 0 Å². The number of nitrogens with one attached hydrogen (secondary N) is 2. The second kappa shape index (κ2) is 13.4. The van der Waals surface area contributed by atoms with Gasteiger partial charge in [0.2, 0.25) is 0 Å². The number of hydrogen-bond acceptors (Lipinski definition) is 5. The van der Waals surface area contributed by atoms with Crippen molar-refractivity contribution in [2.75, 3.05) is 18.1 Å². The zero-order valence-corrected chi connectivity index (χ0v) is 21.9. The number of halogens is 3. The molecular weight excluding hydrogens is 543 g/mol. The molecule has 0 spiro atoms. The molecule has 196 valence electrons. The van der Waals surface area contributed by atoms with Crippen molar-refractivity contribution in [1.29, 1.82) is 0 Å². The van der Waals surface area contributed by atoms with E-state index in [4.69, 9.17) is 45.0 Å². The zero-order valence-electron chi connectivity index (χ0n) is 19.7. The second-order valence-corrected chi connectivity index (χ2v) is 9.67. The standard InChI is InChI=1S/C21H21Cl3N4O.C4H4O4/c22-15-6-4-14(5-7-15)20-13-18(21(29)26-27-10-2-1-3-11-27)25-28(20)19-9-8-16(23)12-17(19)24;5-3(6)1-2-4(7)8/h4-9,12,20H,1-3,10-11,13H2,(H,26,29);1-2H,(H,5,6)(H,7,8)/p+1/b;2-1+. The van der Waals surface area contributed by atoms with Crippen LogP contribution >= 0.6 is 34.8 Å². The van der Waals surface area contributed by atoms with Crippen molar-refractivity contribution in [2.45, 2.75) is 31.7 Å². The van der Waals surface area contributed by atoms with Gasteiger partial charge in [0, 0.05) is 28.6 Å². The number of hydrazone groups is 1. The fourth-order valence-electron chi connectivity index (χ4n) is 3.96. The van der Waals surface area contributed by atoms with Crippen LogP contribution in [0.1, 0.15) is 37.3 Å². The molecule has 4 rings (SSSR count). The fourth-order valence-corrected chi connectivity index (χ4v) is 4.58. The van der Waals surface area contributed by atoms with Crippen LogP contribution in [0.4, 0.5) is 5.69 Å². The predicted molar refractivity (Wildman–Crippen MR) is 142 cm³/mol. The number of rotatable bonds is 6. The number of carbonyl (C=O) groups excluding carboxylic acids is 1. The van der Waals surface area contributed by atoms with Crippen LogP contribution in [-0.2, 0) is 14.4 Å². The molecular formula is C25H26Cl3N4O5+. The molecule has 1 fully saturated rings. The Morgan fingerprint density at radius 1 is 0.919 bits per heavy atom. The van der Waals surface area contributed by atoms with Gasteiger partial charge < -0.3 is 10.2 Å². The lowest BCUT2D eigenvalue weighted by Gasteiger charge is -2.25. The molecule has 1 atom stereocenters. The van der Waals surface area contributed by atoms with Crippen molar-refractivity contribution < 1.29 is 29.6 Å². The van der Waals surface area contributed by atoms with Crippen molar-refractivity contribution in [3.63, 3.8) is 0 Å². The first-order chi connectivity index (χ1) is 17.6. The van der Waals surface area contributed by atoms with Gasteiger partial charge in [-0.25, -0.2) is 14.6 Å². The summed E-state index contributed by atoms with van der Waals surface area (Å²) < 4.78 is 0. The van der Waals surface area contributed by atoms with Crippen LogP contribution in [0.3, 0.4) is 0 Å². The quantitative estimate of drug-likeness (QED) is 0.394. The number of carboxylic acids is 2. The first-order valence-electron chi connectivity index (χ1n) is 11.5. The summed E-state index contributed by atoms with van der Waals surface area (Å²) in [6.45, 7) is 1.90. The zero-order chi connectivity index (χ0) is 26.9. The van der Waals surface area contributed by atoms with Crippen LogP contribution in [0.5, 0.6) is 0 Å². The molecule has 0 saturated carbocycles. The van der Waals surface area contributed by atoms with Crippen molar-refractivity contribution in [3.05, 3.63) is 75.2 Å². The topological polar surface area (TPSA) is 124 Å². The SMILES string of the molecule is O=C(N[NH+]1CCCCC1)C1=NN(c2ccc(Cl)cc2Cl)C(c2ccc(Cl)cc2)C1.O=C(O)/C=C/C(=O)O. The summed E-state index contributed by atoms with van der Waals surface area (Å²) in [5.41, 5.74) is 5.30. The average Bonchev–Trinajstić information content (AvgIpc) is 3.29. The molecule has 37 heavy (non-hydrogen) atoms. The summed E-state index contributed by atoms with van der Waals surface area (Å²) in [6.07, 6.45) is 5.08. The van der Waals surface area contributed by atoms with Crippen LogP contribution in [0.25, 0.3) is 0 Å². The van der Waals surface area contributed by atoms with E-state index in [1.165, 1.54) is 6.42 Å². The Morgan fingerprint density at radius 3 is 2.08 bits per heavy atom. The largest absolute Gasteiger partial charge is 0.478 e. The van der Waals surface area contributed by atoms with Crippen molar-refractivity contribution >= 4 is 64.0 Å². The van der Waals surface area contributed by atoms with Crippen LogP contribution in [0.15, 0.2) is 59.7 Å². The smallest absolute Gasteiger partial charge is 0.328 e. The molecule has 1 amide bonds. The summed E-state index contributed by atoms with van der Waals surface area (Å²) >= 11 is 18.6. The first kappa shape index (κ1) is 28.5. The number of carbonyl (C=O) groups is 3. The molecule has 9 nitrogen and oxygen atoms in total. The highest BCUT2D eigenvalue weighted by Crippen LogP contribution is 2.39. The number of benzene rings is 2. The Morgan fingerprint density at radius 2 is 1.51 bits per heavy atom. The number of quaternary nitrogens is 1. The van der Waals surface area contributed by atoms with E-state index in [2.05, 4.69) is 10.5 Å². The lowest BCUT2D eigenvalue weighted by molar-refractivity contribution is -0.940. The molecule has 12 heteroatoms. The Labute approximate surface area is 228 Å². The van der Waals surface area contributed by atoms with Crippen LogP contribution in [0.2, 0.25) is 15.1 Å². The first-order valence-corrected chi connectivity index (χ1v) is 12.6. The summed E-state index contributed by atoms with van der Waals surface area (Å²) in [5, 5.41) is 24.9. The predicted octanol–water partition coefficient (Wildman–Crippen LogP) is 3.77. The Kier molecular flexibility index (Phi) is 10.3. The normalized spacial score (nSPS) is 17.6. The van der Waals surface area contributed by atoms with Crippen LogP contribution < -0.4 is 15.4 Å². The third-order valence-electron chi connectivity index (χ3n) is 5.70. The van der Waals surface area contributed by atoms with Crippen molar-refractivity contribution in [1.82, 2.24) is 5.43 Å². The van der Waals surface area contributed by atoms with E-state index in [0.717, 1.165) is 36.5 Å². The van der Waals surface area contributed by atoms with Gasteiger partial charge in [-0.1, -0.05) is 46.9 Å². The van der Waals surface area contributed by atoms with E-state index in [0.29, 0.717) is 45.0 Å². The lowest BCUT2D eigenvalue weighted by atomic mass is 10.0. The minimum absolute atomic E-state index is 0.131. The summed E-state index contributed by atoms with van der Waals surface area (Å²) in [6, 6.07) is 12.7. The van der Waals surface area contributed by atoms with Crippen molar-refractivity contribution in [3.8, 4) is 0 Å². The summed E-state index contributed by atoms with van der Waals surface area (Å²) in [7, 11) is 0. The highest BCUT2D eigenvalue weighted by molar-refractivity contribution is 6.40. The molecule has 1 unspecified atom stereocenters. The number of anilines is 1. The summed E-state index contributed by atoms with van der Waals surface area (Å²) in [5.74, 6) is -2.65. The number of carboxylic acid groups (broad SMARTS) is 2. The molecule has 2 aliphatic rings. The molecule has 1 saturated heterocycles. The average molecular weight is 569 g/mol. The van der Waals surface area contributed by atoms with E-state index >= 15 is 0 Å². The molecule has 0 radical (unpaired) electrons. The maximum Gasteiger partial charge on any atom is 0.328 e. The van der Waals surface area contributed by atoms with Crippen molar-refractivity contribution in [2.24, 2.45) is 5.10 Å². The summed E-state index contributed by atoms with van der Waals surface area (Å²) in [4.78, 5) is 32.0. The number of aliphatic carboxylic acids is 2. The van der Waals surface area contributed by atoms with Gasteiger partial charge >= 0.3 is 17.8 Å². The number of hydrogen-bond donors (Lipinski definition) is 4. The molecule has 2 aliphatic heterocycles. The monoisotopic (exact) mass is 567 g/mol. The molecule has 2 aromatic carbocycles. The van der Waals surface area contributed by atoms with E-state index in [9.17, 15) is 14.4 Å². The number of amides is 1. The van der Waals surface area contributed by atoms with Gasteiger partial charge in [0.15, 0.2) is 0 Å². The van der Waals surface area contributed by atoms with Crippen LogP contribution in [0, 0.1) is 0 Å². The highest BCUT2D eigenvalue weighted by atomic mass is 35.5. The second-order valence-electron chi connectivity index (χ2n) is 8.39. The van der Waals surface area contributed by atoms with Gasteiger partial charge in [-0.2, -0.15) is 10.5 Å². The van der Waals surface area contributed by atoms with Gasteiger partial charge in [-0.3, -0.25) is 9.80 Å². The van der Waals surface area contributed by atoms with Gasteiger partial charge in [-0.15, -0.1) is 0 Å². The molecule has 2 aromatic rings. The number of nitrogens with zero attached hydrogens (tertiary/aromatic N) is 2. The highest BCUT2D eigenvalue weighted by Gasteiger charge is 2.34. The fraction of sp³-hybridized carbons (Fsp3) is 0.280. The molecule has 0 aliphatic carbocycles. The van der Waals surface area contributed by atoms with E-state index in [-0.39, 0.29) is 11.9 Å². The molecule has 0 bridgehead atoms. The minimum Gasteiger partial charge on any atom is -0.478 e. The molecule has 2 heterocycles. The Balaban J connectivity index is 0.000000414. The number of piperidine rings is 1. The van der Waals surface area contributed by atoms with E-state index in [1.54, 1.807) is 12.1 Å². The maximum atomic E-state index is 12.9. The maximum absolute atomic E-state index is 12.9. The van der Waals surface area contributed by atoms with E-state index in [1.807, 2.05) is 35.3 Å². The third-order valence-corrected chi connectivity index (χ3v) is 6.49. The van der Waals surface area contributed by atoms with E-state index < -0.39 is 11.9 Å². The third kappa shape index (κ3) is 8.46. The Hall–Kier alpha value is -3.11. The molecule has 4 N–H and O–H groups in total. The van der Waals surface area contributed by atoms with Gasteiger partial charge in [0.05, 0.1) is 29.8 Å². The van der Waals surface area contributed by atoms with Gasteiger partial charge in [0.1, 0.15) is 5.71 Å². The van der Waals surface area contributed by atoms with Gasteiger partial charge in [-0.05, 0) is 55.2 Å². The van der Waals surface area contributed by atoms with Crippen LogP contribution in [-0.4, -0.2) is 46.9 Å².